The number of phenols is 1. The van der Waals surface area contributed by atoms with Crippen LogP contribution in [0.5, 0.6) is 28.7 Å². The zero-order chi connectivity index (χ0) is 47.2. The fraction of sp³-hybridized carbons (Fsp3) is 0.304. The van der Waals surface area contributed by atoms with Crippen molar-refractivity contribution < 1.29 is 24.1 Å². The third-order valence-corrected chi connectivity index (χ3v) is 13.0. The molecule has 0 fully saturated rings. The predicted molar refractivity (Wildman–Crippen MR) is 244 cm³/mol. The largest absolute Gasteiger partial charge is 0.507 e. The van der Waals surface area contributed by atoms with Crippen LogP contribution in [0.15, 0.2) is 101 Å². The molecule has 21 nitrogen and oxygen atoms in total. The summed E-state index contributed by atoms with van der Waals surface area (Å²) in [7, 11) is 9.11. The van der Waals surface area contributed by atoms with Crippen LogP contribution in [-0.4, -0.2) is 80.5 Å². The number of allylic oxidation sites excluding steroid dienone is 2. The first-order valence-electron chi connectivity index (χ1n) is 21.3. The second kappa shape index (κ2) is 16.0. The first-order chi connectivity index (χ1) is 32.3. The van der Waals surface area contributed by atoms with E-state index in [1.165, 1.54) is 56.3 Å². The Morgan fingerprint density at radius 1 is 0.627 bits per heavy atom. The smallest absolute Gasteiger partial charge is 0.348 e. The number of aromatic hydroxyl groups is 1. The minimum Gasteiger partial charge on any atom is -0.507 e. The van der Waals surface area contributed by atoms with Crippen molar-refractivity contribution in [2.45, 2.75) is 51.1 Å². The van der Waals surface area contributed by atoms with Gasteiger partial charge in [-0.15, -0.1) is 0 Å². The van der Waals surface area contributed by atoms with Gasteiger partial charge in [-0.3, -0.25) is 9.59 Å². The zero-order valence-corrected chi connectivity index (χ0v) is 37.3. The zero-order valence-electron chi connectivity index (χ0n) is 37.3. The average Bonchev–Trinajstić information content (AvgIpc) is 3.73. The molecule has 0 aliphatic carbocycles. The third-order valence-electron chi connectivity index (χ3n) is 13.0. The SMILES string of the molecule is COc1cc2nc(CCn3c(=O)n4n(c3=O)[C@@H]3Cn5c(=O)n(CCc6nc7cc(OC)c(OC)cc7n(C)c6=O)c(=O)n5[C@@H](c5ccc6ccccc6c5O)C3=CC4)c(=O)n(C)c2cc1OC. The fourth-order valence-corrected chi connectivity index (χ4v) is 9.59. The molecule has 0 unspecified atom stereocenters. The number of nitrogens with zero attached hydrogens (tertiary/aromatic N) is 10. The number of methoxy groups -OCH3 is 4. The molecule has 8 aromatic rings. The fourth-order valence-electron chi connectivity index (χ4n) is 9.59. The van der Waals surface area contributed by atoms with Gasteiger partial charge in [-0.05, 0) is 11.0 Å². The number of rotatable bonds is 11. The summed E-state index contributed by atoms with van der Waals surface area (Å²) in [4.78, 5) is 94.3. The maximum absolute atomic E-state index is 14.7. The molecule has 10 rings (SSSR count). The van der Waals surface area contributed by atoms with E-state index in [4.69, 9.17) is 18.9 Å². The summed E-state index contributed by atoms with van der Waals surface area (Å²) in [6, 6.07) is 15.1. The normalized spacial score (nSPS) is 15.3. The monoisotopic (exact) mass is 912 g/mol. The van der Waals surface area contributed by atoms with E-state index in [0.29, 0.717) is 56.0 Å². The second-order valence-corrected chi connectivity index (χ2v) is 16.4. The second-order valence-electron chi connectivity index (χ2n) is 16.4. The minimum absolute atomic E-state index is 0.0760. The third kappa shape index (κ3) is 6.43. The van der Waals surface area contributed by atoms with Crippen molar-refractivity contribution in [3.8, 4) is 28.7 Å². The van der Waals surface area contributed by atoms with Crippen LogP contribution in [0.3, 0.4) is 0 Å². The molecule has 21 heteroatoms. The van der Waals surface area contributed by atoms with Gasteiger partial charge in [0.05, 0.1) is 69.6 Å². The molecule has 2 atom stereocenters. The van der Waals surface area contributed by atoms with Crippen LogP contribution < -0.4 is 52.8 Å². The van der Waals surface area contributed by atoms with Crippen LogP contribution in [-0.2, 0) is 53.1 Å². The van der Waals surface area contributed by atoms with Gasteiger partial charge in [-0.2, -0.15) is 0 Å². The lowest BCUT2D eigenvalue weighted by Gasteiger charge is -2.37. The van der Waals surface area contributed by atoms with Gasteiger partial charge in [0.15, 0.2) is 23.0 Å². The summed E-state index contributed by atoms with van der Waals surface area (Å²) in [6.45, 7) is -0.763. The molecule has 6 heterocycles. The quantitative estimate of drug-likeness (QED) is 0.182. The molecule has 2 aliphatic heterocycles. The van der Waals surface area contributed by atoms with Gasteiger partial charge in [0.2, 0.25) is 0 Å². The van der Waals surface area contributed by atoms with E-state index < -0.39 is 46.0 Å². The molecule has 0 spiro atoms. The van der Waals surface area contributed by atoms with Crippen molar-refractivity contribution in [1.82, 2.24) is 47.0 Å². The maximum Gasteiger partial charge on any atom is 0.348 e. The first-order valence-corrected chi connectivity index (χ1v) is 21.3. The van der Waals surface area contributed by atoms with Crippen molar-refractivity contribution in [2.75, 3.05) is 28.4 Å². The Morgan fingerprint density at radius 3 is 1.69 bits per heavy atom. The number of phenolic OH excluding ortho intramolecular Hbond substituents is 1. The highest BCUT2D eigenvalue weighted by molar-refractivity contribution is 5.89. The summed E-state index contributed by atoms with van der Waals surface area (Å²) in [5.41, 5.74) is -0.855. The van der Waals surface area contributed by atoms with Crippen LogP contribution in [0.25, 0.3) is 32.8 Å². The number of hydrogen-bond donors (Lipinski definition) is 1. The predicted octanol–water partition coefficient (Wildman–Crippen LogP) is 1.59. The summed E-state index contributed by atoms with van der Waals surface area (Å²) < 4.78 is 31.6. The molecule has 0 saturated carbocycles. The number of aryl methyl sites for hydroxylation is 4. The van der Waals surface area contributed by atoms with Crippen LogP contribution in [0.1, 0.15) is 29.0 Å². The van der Waals surface area contributed by atoms with Crippen molar-refractivity contribution in [3.05, 3.63) is 152 Å². The van der Waals surface area contributed by atoms with Crippen molar-refractivity contribution >= 4 is 32.8 Å². The first kappa shape index (κ1) is 42.6. The van der Waals surface area contributed by atoms with Gasteiger partial charge in [-0.25, -0.2) is 57.0 Å². The highest BCUT2D eigenvalue weighted by Gasteiger charge is 2.42. The molecule has 1 N–H and O–H groups in total. The van der Waals surface area contributed by atoms with Gasteiger partial charge < -0.3 is 33.2 Å². The molecule has 67 heavy (non-hydrogen) atoms. The van der Waals surface area contributed by atoms with E-state index in [-0.39, 0.29) is 61.7 Å². The average molecular weight is 913 g/mol. The van der Waals surface area contributed by atoms with Gasteiger partial charge in [-0.1, -0.05) is 42.5 Å². The van der Waals surface area contributed by atoms with E-state index >= 15 is 0 Å². The number of fused-ring (bicyclic) bond motifs is 7. The van der Waals surface area contributed by atoms with E-state index in [9.17, 15) is 33.9 Å². The van der Waals surface area contributed by atoms with Gasteiger partial charge in [0, 0.05) is 75.2 Å². The molecular formula is C46H44N10O11. The molecule has 4 aromatic heterocycles. The Balaban J connectivity index is 1.05. The summed E-state index contributed by atoms with van der Waals surface area (Å²) >= 11 is 0. The molecule has 344 valence electrons. The Bertz CT molecular complexity index is 3800. The molecule has 0 radical (unpaired) electrons. The molecule has 0 amide bonds. The van der Waals surface area contributed by atoms with Crippen LogP contribution >= 0.6 is 0 Å². The van der Waals surface area contributed by atoms with Crippen LogP contribution in [0, 0.1) is 0 Å². The topological polar surface area (TPSA) is 225 Å². The van der Waals surface area contributed by atoms with E-state index in [1.54, 1.807) is 68.7 Å². The van der Waals surface area contributed by atoms with Crippen molar-refractivity contribution in [2.24, 2.45) is 14.1 Å². The Hall–Kier alpha value is -8.36. The number of ether oxygens (including phenoxy) is 4. The highest BCUT2D eigenvalue weighted by Crippen LogP contribution is 2.43. The number of hydrogen-bond acceptors (Lipinski definition) is 13. The van der Waals surface area contributed by atoms with E-state index in [1.807, 2.05) is 12.1 Å². The lowest BCUT2D eigenvalue weighted by atomic mass is 9.88. The van der Waals surface area contributed by atoms with Gasteiger partial charge >= 0.3 is 22.8 Å². The highest BCUT2D eigenvalue weighted by atomic mass is 16.5. The lowest BCUT2D eigenvalue weighted by molar-refractivity contribution is 0.244. The van der Waals surface area contributed by atoms with Crippen molar-refractivity contribution in [1.29, 1.82) is 0 Å². The van der Waals surface area contributed by atoms with Crippen LogP contribution in [0.4, 0.5) is 0 Å². The van der Waals surface area contributed by atoms with Gasteiger partial charge in [0.25, 0.3) is 11.1 Å². The summed E-state index contributed by atoms with van der Waals surface area (Å²) in [5, 5.41) is 13.1. The Morgan fingerprint density at radius 2 is 1.13 bits per heavy atom. The molecule has 0 bridgehead atoms. The molecule has 2 aliphatic rings. The number of benzene rings is 4. The maximum atomic E-state index is 14.7. The minimum atomic E-state index is -1.11. The lowest BCUT2D eigenvalue weighted by Crippen LogP contribution is -2.47. The molecule has 0 saturated heterocycles. The Kier molecular flexibility index (Phi) is 10.1. The molecular weight excluding hydrogens is 869 g/mol. The van der Waals surface area contributed by atoms with E-state index in [0.717, 1.165) is 14.5 Å². The summed E-state index contributed by atoms with van der Waals surface area (Å²) in [6.07, 6.45) is 1.56. The van der Waals surface area contributed by atoms with Crippen LogP contribution in [0.2, 0.25) is 0 Å². The van der Waals surface area contributed by atoms with E-state index in [2.05, 4.69) is 9.97 Å². The standard InChI is InChI=1S/C46H44N10O11/c1-49-32-21-37(66-5)35(64-3)19-30(32)47-28(41(49)58)14-16-51-43(60)53-18-13-26-34(55(53)45(51)62)23-54-44(61)52(46(63)56(54)39(26)27-12-11-24-9-7-8-10-25(24)40(27)57)17-15-29-42(59)50(2)33-22-38(67-6)36(65-4)20-31(33)48-29/h7-13,19-22,34,39,57H,14-18,23H2,1-6H3/t34-,39-/m1/s1. The van der Waals surface area contributed by atoms with Crippen molar-refractivity contribution in [3.63, 3.8) is 0 Å². The molecule has 4 aromatic carbocycles. The summed E-state index contributed by atoms with van der Waals surface area (Å²) in [5.74, 6) is 1.50. The van der Waals surface area contributed by atoms with Gasteiger partial charge in [0.1, 0.15) is 23.2 Å². The number of aromatic nitrogens is 10. The Labute approximate surface area is 377 Å².